The van der Waals surface area contributed by atoms with Crippen molar-refractivity contribution < 1.29 is 14.3 Å². The maximum atomic E-state index is 12.8. The van der Waals surface area contributed by atoms with Crippen LogP contribution in [-0.2, 0) is 15.1 Å². The number of carbonyl (C=O) groups excluding carboxylic acids is 2. The molecule has 0 radical (unpaired) electrons. The Labute approximate surface area is 161 Å². The first-order valence-corrected chi connectivity index (χ1v) is 9.58. The van der Waals surface area contributed by atoms with Gasteiger partial charge in [-0.05, 0) is 24.6 Å². The highest BCUT2D eigenvalue weighted by Crippen LogP contribution is 2.29. The van der Waals surface area contributed by atoms with Gasteiger partial charge in [-0.2, -0.15) is 5.10 Å². The average Bonchev–Trinajstić information content (AvgIpc) is 3.26. The second-order valence-electron chi connectivity index (χ2n) is 6.56. The molecule has 0 unspecified atom stereocenters. The quantitative estimate of drug-likeness (QED) is 0.649. The molecule has 0 saturated carbocycles. The third-order valence-corrected chi connectivity index (χ3v) is 5.84. The number of anilines is 1. The highest BCUT2D eigenvalue weighted by Gasteiger charge is 2.49. The molecule has 2 aromatic rings. The predicted molar refractivity (Wildman–Crippen MR) is 104 cm³/mol. The van der Waals surface area contributed by atoms with Gasteiger partial charge in [-0.3, -0.25) is 4.79 Å². The first-order chi connectivity index (χ1) is 13.1. The second-order valence-corrected chi connectivity index (χ2v) is 7.65. The van der Waals surface area contributed by atoms with Gasteiger partial charge < -0.3 is 15.0 Å². The number of morpholine rings is 1. The summed E-state index contributed by atoms with van der Waals surface area (Å²) in [5.74, 6) is -0.389. The molecule has 1 aromatic heterocycles. The van der Waals surface area contributed by atoms with Crippen LogP contribution in [0, 0.1) is 0 Å². The van der Waals surface area contributed by atoms with Crippen LogP contribution >= 0.6 is 11.3 Å². The third kappa shape index (κ3) is 3.33. The van der Waals surface area contributed by atoms with E-state index in [4.69, 9.17) is 4.74 Å². The van der Waals surface area contributed by atoms with Gasteiger partial charge in [0.05, 0.1) is 24.4 Å². The molecule has 2 aliphatic heterocycles. The van der Waals surface area contributed by atoms with Crippen molar-refractivity contribution in [3.8, 4) is 0 Å². The molecule has 0 spiro atoms. The van der Waals surface area contributed by atoms with Crippen LogP contribution in [0.3, 0.4) is 0 Å². The number of amides is 3. The van der Waals surface area contributed by atoms with E-state index in [0.29, 0.717) is 0 Å². The van der Waals surface area contributed by atoms with Gasteiger partial charge in [0.25, 0.3) is 5.91 Å². The van der Waals surface area contributed by atoms with E-state index in [-0.39, 0.29) is 5.91 Å². The number of benzene rings is 1. The number of imide groups is 1. The molecule has 8 heteroatoms. The predicted octanol–water partition coefficient (Wildman–Crippen LogP) is 2.39. The molecular weight excluding hydrogens is 364 g/mol. The lowest BCUT2D eigenvalue weighted by Gasteiger charge is -2.27. The summed E-state index contributed by atoms with van der Waals surface area (Å²) in [6, 6.07) is 12.6. The Morgan fingerprint density at radius 2 is 1.89 bits per heavy atom. The molecule has 2 fully saturated rings. The number of hydrogen-bond acceptors (Lipinski definition) is 6. The molecule has 27 heavy (non-hydrogen) atoms. The highest BCUT2D eigenvalue weighted by atomic mass is 32.1. The SMILES string of the molecule is C[C@@]1(c2ccccc2)NC(=O)N(/N=C\c2ccc(N3CCOCC3)s2)C1=O. The number of nitrogens with one attached hydrogen (secondary N) is 1. The number of thiophene rings is 1. The van der Waals surface area contributed by atoms with Gasteiger partial charge in [0.1, 0.15) is 5.54 Å². The summed E-state index contributed by atoms with van der Waals surface area (Å²) in [5.41, 5.74) is -0.379. The van der Waals surface area contributed by atoms with E-state index < -0.39 is 11.6 Å². The summed E-state index contributed by atoms with van der Waals surface area (Å²) in [5, 5.41) is 8.93. The van der Waals surface area contributed by atoms with Crippen LogP contribution in [0.15, 0.2) is 47.6 Å². The van der Waals surface area contributed by atoms with Crippen molar-refractivity contribution in [1.82, 2.24) is 10.3 Å². The van der Waals surface area contributed by atoms with E-state index >= 15 is 0 Å². The molecule has 2 saturated heterocycles. The van der Waals surface area contributed by atoms with Crippen LogP contribution in [0.2, 0.25) is 0 Å². The zero-order valence-electron chi connectivity index (χ0n) is 14.9. The molecule has 7 nitrogen and oxygen atoms in total. The van der Waals surface area contributed by atoms with E-state index in [1.807, 2.05) is 42.5 Å². The maximum Gasteiger partial charge on any atom is 0.346 e. The summed E-state index contributed by atoms with van der Waals surface area (Å²) >= 11 is 1.57. The van der Waals surface area contributed by atoms with Gasteiger partial charge >= 0.3 is 6.03 Å². The van der Waals surface area contributed by atoms with Crippen molar-refractivity contribution in [2.24, 2.45) is 5.10 Å². The third-order valence-electron chi connectivity index (χ3n) is 4.76. The summed E-state index contributed by atoms with van der Waals surface area (Å²) < 4.78 is 5.37. The maximum absolute atomic E-state index is 12.8. The number of urea groups is 1. The van der Waals surface area contributed by atoms with Crippen LogP contribution < -0.4 is 10.2 Å². The van der Waals surface area contributed by atoms with E-state index in [1.165, 1.54) is 0 Å². The van der Waals surface area contributed by atoms with Gasteiger partial charge in [0.15, 0.2) is 0 Å². The Balaban J connectivity index is 1.50. The van der Waals surface area contributed by atoms with Crippen LogP contribution in [0.5, 0.6) is 0 Å². The Kier molecular flexibility index (Phi) is 4.67. The minimum absolute atomic E-state index is 0.389. The lowest BCUT2D eigenvalue weighted by Crippen LogP contribution is -2.40. The van der Waals surface area contributed by atoms with Crippen LogP contribution in [-0.4, -0.2) is 49.5 Å². The molecule has 3 amide bonds. The van der Waals surface area contributed by atoms with Crippen LogP contribution in [0.1, 0.15) is 17.4 Å². The molecular formula is C19H20N4O3S. The van der Waals surface area contributed by atoms with E-state index in [1.54, 1.807) is 24.5 Å². The number of rotatable bonds is 4. The minimum atomic E-state index is -1.11. The molecule has 2 aliphatic rings. The largest absolute Gasteiger partial charge is 0.378 e. The average molecular weight is 384 g/mol. The zero-order chi connectivity index (χ0) is 18.9. The normalized spacial score (nSPS) is 23.3. The molecule has 3 heterocycles. The molecule has 1 N–H and O–H groups in total. The Bertz CT molecular complexity index is 876. The van der Waals surface area contributed by atoms with Crippen molar-refractivity contribution in [2.75, 3.05) is 31.2 Å². The Hall–Kier alpha value is -2.71. The van der Waals surface area contributed by atoms with Crippen molar-refractivity contribution >= 4 is 34.5 Å². The molecule has 1 atom stereocenters. The molecule has 0 bridgehead atoms. The number of hydrogen-bond donors (Lipinski definition) is 1. The number of hydrazone groups is 1. The molecule has 1 aromatic carbocycles. The van der Waals surface area contributed by atoms with Crippen molar-refractivity contribution in [3.63, 3.8) is 0 Å². The topological polar surface area (TPSA) is 74.2 Å². The van der Waals surface area contributed by atoms with Crippen molar-refractivity contribution in [2.45, 2.75) is 12.5 Å². The molecule has 4 rings (SSSR count). The van der Waals surface area contributed by atoms with E-state index in [9.17, 15) is 9.59 Å². The number of ether oxygens (including phenoxy) is 1. The van der Waals surface area contributed by atoms with Crippen LogP contribution in [0.25, 0.3) is 0 Å². The van der Waals surface area contributed by atoms with Crippen LogP contribution in [0.4, 0.5) is 9.80 Å². The number of nitrogens with zero attached hydrogens (tertiary/aromatic N) is 3. The lowest BCUT2D eigenvalue weighted by molar-refractivity contribution is -0.131. The number of carbonyl (C=O) groups is 2. The first kappa shape index (κ1) is 17.7. The summed E-state index contributed by atoms with van der Waals surface area (Å²) in [6.45, 7) is 4.86. The fourth-order valence-electron chi connectivity index (χ4n) is 3.18. The second kappa shape index (κ2) is 7.13. The Morgan fingerprint density at radius 1 is 1.15 bits per heavy atom. The van der Waals surface area contributed by atoms with E-state index in [2.05, 4.69) is 15.3 Å². The van der Waals surface area contributed by atoms with Gasteiger partial charge in [-0.15, -0.1) is 16.3 Å². The van der Waals surface area contributed by atoms with Gasteiger partial charge in [-0.25, -0.2) is 4.79 Å². The first-order valence-electron chi connectivity index (χ1n) is 8.77. The lowest BCUT2D eigenvalue weighted by atomic mass is 9.92. The zero-order valence-corrected chi connectivity index (χ0v) is 15.7. The summed E-state index contributed by atoms with van der Waals surface area (Å²) in [4.78, 5) is 28.3. The van der Waals surface area contributed by atoms with Crippen molar-refractivity contribution in [3.05, 3.63) is 52.9 Å². The smallest absolute Gasteiger partial charge is 0.346 e. The molecule has 140 valence electrons. The highest BCUT2D eigenvalue weighted by molar-refractivity contribution is 7.17. The molecule has 0 aliphatic carbocycles. The summed E-state index contributed by atoms with van der Waals surface area (Å²) in [7, 11) is 0. The monoisotopic (exact) mass is 384 g/mol. The van der Waals surface area contributed by atoms with Crippen molar-refractivity contribution in [1.29, 1.82) is 0 Å². The minimum Gasteiger partial charge on any atom is -0.378 e. The van der Waals surface area contributed by atoms with Gasteiger partial charge in [0.2, 0.25) is 0 Å². The van der Waals surface area contributed by atoms with Gasteiger partial charge in [-0.1, -0.05) is 30.3 Å². The van der Waals surface area contributed by atoms with E-state index in [0.717, 1.165) is 46.8 Å². The standard InChI is InChI=1S/C19H20N4O3S/c1-19(14-5-3-2-4-6-14)17(24)23(18(25)21-19)20-13-15-7-8-16(27-15)22-9-11-26-12-10-22/h2-8,13H,9-12H2,1H3,(H,21,25)/b20-13-/t19-/m0/s1. The fourth-order valence-corrected chi connectivity index (χ4v) is 4.10. The fraction of sp³-hybridized carbons (Fsp3) is 0.316. The summed E-state index contributed by atoms with van der Waals surface area (Å²) in [6.07, 6.45) is 1.56. The Morgan fingerprint density at radius 3 is 2.63 bits per heavy atom. The van der Waals surface area contributed by atoms with Gasteiger partial charge in [0, 0.05) is 18.0 Å².